The standard InChI is InChI=1S/C21H19FN6O/c1-14-24-25-19-17-7-2-3-8-18(17)23-21(28(14)19)27-11-9-26(10-12-27)20(29)15-5-4-6-16(22)13-15/h2-8,13H,9-12H2,1H3. The SMILES string of the molecule is Cc1nnc2c3ccccc3nc(N3CCN(C(=O)c4cccc(F)c4)CC3)n12. The van der Waals surface area contributed by atoms with E-state index in [1.807, 2.05) is 35.6 Å². The van der Waals surface area contributed by atoms with Crippen LogP contribution in [0.1, 0.15) is 16.2 Å². The Bertz CT molecular complexity index is 1230. The van der Waals surface area contributed by atoms with Crippen molar-refractivity contribution >= 4 is 28.4 Å². The number of nitrogens with zero attached hydrogens (tertiary/aromatic N) is 6. The molecule has 4 aromatic rings. The first-order valence-electron chi connectivity index (χ1n) is 9.52. The van der Waals surface area contributed by atoms with Crippen LogP contribution in [0.5, 0.6) is 0 Å². The number of carbonyl (C=O) groups is 1. The number of hydrogen-bond donors (Lipinski definition) is 0. The maximum Gasteiger partial charge on any atom is 0.254 e. The van der Waals surface area contributed by atoms with Gasteiger partial charge < -0.3 is 9.80 Å². The highest BCUT2D eigenvalue weighted by Crippen LogP contribution is 2.25. The Hall–Kier alpha value is -3.55. The van der Waals surface area contributed by atoms with Crippen LogP contribution in [0.3, 0.4) is 0 Å². The second-order valence-electron chi connectivity index (χ2n) is 7.12. The van der Waals surface area contributed by atoms with Crippen LogP contribution in [0.15, 0.2) is 48.5 Å². The summed E-state index contributed by atoms with van der Waals surface area (Å²) < 4.78 is 15.4. The zero-order chi connectivity index (χ0) is 20.0. The lowest BCUT2D eigenvalue weighted by Crippen LogP contribution is -2.49. The third-order valence-corrected chi connectivity index (χ3v) is 5.31. The van der Waals surface area contributed by atoms with E-state index in [-0.39, 0.29) is 5.91 Å². The minimum atomic E-state index is -0.402. The van der Waals surface area contributed by atoms with Gasteiger partial charge in [0, 0.05) is 37.1 Å². The number of carbonyl (C=O) groups excluding carboxylic acids is 1. The molecular weight excluding hydrogens is 371 g/mol. The lowest BCUT2D eigenvalue weighted by molar-refractivity contribution is 0.0745. The summed E-state index contributed by atoms with van der Waals surface area (Å²) >= 11 is 0. The van der Waals surface area contributed by atoms with Crippen LogP contribution in [0, 0.1) is 12.7 Å². The first-order valence-corrected chi connectivity index (χ1v) is 9.52. The fraction of sp³-hybridized carbons (Fsp3) is 0.238. The molecule has 2 aromatic carbocycles. The number of halogens is 1. The Morgan fingerprint density at radius 1 is 1.00 bits per heavy atom. The van der Waals surface area contributed by atoms with Crippen LogP contribution in [-0.4, -0.2) is 56.6 Å². The van der Waals surface area contributed by atoms with E-state index < -0.39 is 5.82 Å². The number of piperazine rings is 1. The average molecular weight is 390 g/mol. The Kier molecular flexibility index (Phi) is 4.12. The van der Waals surface area contributed by atoms with Crippen LogP contribution in [0.2, 0.25) is 0 Å². The van der Waals surface area contributed by atoms with Gasteiger partial charge in [-0.2, -0.15) is 0 Å². The number of amides is 1. The van der Waals surface area contributed by atoms with E-state index >= 15 is 0 Å². The number of anilines is 1. The van der Waals surface area contributed by atoms with E-state index in [2.05, 4.69) is 15.1 Å². The minimum Gasteiger partial charge on any atom is -0.338 e. The molecule has 0 radical (unpaired) electrons. The fourth-order valence-electron chi connectivity index (χ4n) is 3.82. The number of aryl methyl sites for hydroxylation is 1. The number of rotatable bonds is 2. The number of benzene rings is 2. The zero-order valence-corrected chi connectivity index (χ0v) is 15.9. The molecule has 0 saturated carbocycles. The molecule has 0 aliphatic carbocycles. The van der Waals surface area contributed by atoms with Crippen molar-refractivity contribution in [3.63, 3.8) is 0 Å². The van der Waals surface area contributed by atoms with Gasteiger partial charge in [0.25, 0.3) is 5.91 Å². The van der Waals surface area contributed by atoms with Crippen molar-refractivity contribution in [3.05, 3.63) is 65.7 Å². The van der Waals surface area contributed by atoms with Gasteiger partial charge in [-0.1, -0.05) is 18.2 Å². The summed E-state index contributed by atoms with van der Waals surface area (Å²) in [7, 11) is 0. The number of aromatic nitrogens is 4. The van der Waals surface area contributed by atoms with Crippen molar-refractivity contribution in [2.45, 2.75) is 6.92 Å². The smallest absolute Gasteiger partial charge is 0.254 e. The molecule has 1 fully saturated rings. The van der Waals surface area contributed by atoms with E-state index in [4.69, 9.17) is 4.98 Å². The topological polar surface area (TPSA) is 66.6 Å². The Balaban J connectivity index is 1.44. The van der Waals surface area contributed by atoms with Gasteiger partial charge >= 0.3 is 0 Å². The van der Waals surface area contributed by atoms with Crippen LogP contribution in [-0.2, 0) is 0 Å². The van der Waals surface area contributed by atoms with E-state index in [0.717, 1.165) is 28.3 Å². The molecule has 3 heterocycles. The Morgan fingerprint density at radius 2 is 1.79 bits per heavy atom. The number of hydrogen-bond acceptors (Lipinski definition) is 5. The van der Waals surface area contributed by atoms with Crippen LogP contribution in [0.4, 0.5) is 10.3 Å². The van der Waals surface area contributed by atoms with Crippen molar-refractivity contribution in [1.29, 1.82) is 0 Å². The van der Waals surface area contributed by atoms with Crippen molar-refractivity contribution in [2.24, 2.45) is 0 Å². The van der Waals surface area contributed by atoms with E-state index in [0.29, 0.717) is 31.7 Å². The van der Waals surface area contributed by atoms with E-state index in [1.54, 1.807) is 17.0 Å². The number of para-hydroxylation sites is 1. The molecule has 29 heavy (non-hydrogen) atoms. The highest BCUT2D eigenvalue weighted by Gasteiger charge is 2.25. The molecule has 146 valence electrons. The molecule has 0 bridgehead atoms. The van der Waals surface area contributed by atoms with Crippen molar-refractivity contribution in [2.75, 3.05) is 31.1 Å². The maximum atomic E-state index is 13.5. The van der Waals surface area contributed by atoms with Gasteiger partial charge in [0.15, 0.2) is 5.65 Å². The summed E-state index contributed by atoms with van der Waals surface area (Å²) in [6, 6.07) is 13.7. The maximum absolute atomic E-state index is 13.5. The predicted molar refractivity (Wildman–Crippen MR) is 108 cm³/mol. The molecule has 1 aliphatic rings. The second-order valence-corrected chi connectivity index (χ2v) is 7.12. The van der Waals surface area contributed by atoms with Crippen LogP contribution >= 0.6 is 0 Å². The Morgan fingerprint density at radius 3 is 2.59 bits per heavy atom. The van der Waals surface area contributed by atoms with Gasteiger partial charge in [0.05, 0.1) is 5.52 Å². The lowest BCUT2D eigenvalue weighted by atomic mass is 10.1. The minimum absolute atomic E-state index is 0.152. The van der Waals surface area contributed by atoms with Gasteiger partial charge in [-0.15, -0.1) is 10.2 Å². The van der Waals surface area contributed by atoms with E-state index in [9.17, 15) is 9.18 Å². The lowest BCUT2D eigenvalue weighted by Gasteiger charge is -2.35. The molecule has 7 nitrogen and oxygen atoms in total. The quantitative estimate of drug-likeness (QED) is 0.527. The molecule has 1 amide bonds. The molecule has 0 N–H and O–H groups in total. The largest absolute Gasteiger partial charge is 0.338 e. The molecule has 0 atom stereocenters. The molecule has 0 unspecified atom stereocenters. The van der Waals surface area contributed by atoms with E-state index in [1.165, 1.54) is 12.1 Å². The average Bonchev–Trinajstić information content (AvgIpc) is 3.15. The predicted octanol–water partition coefficient (Wildman–Crippen LogP) is 2.69. The van der Waals surface area contributed by atoms with Gasteiger partial charge in [0.2, 0.25) is 5.95 Å². The molecule has 8 heteroatoms. The molecule has 1 saturated heterocycles. The third-order valence-electron chi connectivity index (χ3n) is 5.31. The van der Waals surface area contributed by atoms with Crippen molar-refractivity contribution < 1.29 is 9.18 Å². The van der Waals surface area contributed by atoms with Crippen molar-refractivity contribution in [1.82, 2.24) is 24.5 Å². The molecule has 0 spiro atoms. The van der Waals surface area contributed by atoms with Gasteiger partial charge in [-0.3, -0.25) is 4.79 Å². The first-order chi connectivity index (χ1) is 14.1. The van der Waals surface area contributed by atoms with Crippen LogP contribution < -0.4 is 4.90 Å². The Labute approximate surface area is 166 Å². The summed E-state index contributed by atoms with van der Waals surface area (Å²) in [5.74, 6) is 0.993. The molecule has 1 aliphatic heterocycles. The molecular formula is C21H19FN6O. The van der Waals surface area contributed by atoms with Gasteiger partial charge in [-0.05, 0) is 37.3 Å². The monoisotopic (exact) mass is 390 g/mol. The molecule has 5 rings (SSSR count). The highest BCUT2D eigenvalue weighted by atomic mass is 19.1. The summed E-state index contributed by atoms with van der Waals surface area (Å²) in [6.45, 7) is 4.22. The van der Waals surface area contributed by atoms with Gasteiger partial charge in [0.1, 0.15) is 11.6 Å². The normalized spacial score (nSPS) is 14.7. The summed E-state index contributed by atoms with van der Waals surface area (Å²) in [5.41, 5.74) is 2.02. The third kappa shape index (κ3) is 2.97. The summed E-state index contributed by atoms with van der Waals surface area (Å²) in [5, 5.41) is 9.53. The highest BCUT2D eigenvalue weighted by molar-refractivity contribution is 5.94. The zero-order valence-electron chi connectivity index (χ0n) is 15.9. The summed E-state index contributed by atoms with van der Waals surface area (Å²) in [4.78, 5) is 21.4. The van der Waals surface area contributed by atoms with Gasteiger partial charge in [-0.25, -0.2) is 13.8 Å². The summed E-state index contributed by atoms with van der Waals surface area (Å²) in [6.07, 6.45) is 0. The van der Waals surface area contributed by atoms with Crippen LogP contribution in [0.25, 0.3) is 16.6 Å². The van der Waals surface area contributed by atoms with Crippen molar-refractivity contribution in [3.8, 4) is 0 Å². The first kappa shape index (κ1) is 17.5. The fourth-order valence-corrected chi connectivity index (χ4v) is 3.82. The molecule has 2 aromatic heterocycles. The second kappa shape index (κ2) is 6.80. The number of fused-ring (bicyclic) bond motifs is 3.